The molecule has 1 aliphatic carbocycles. The first-order valence-electron chi connectivity index (χ1n) is 10.00. The third-order valence-electron chi connectivity index (χ3n) is 5.10. The van der Waals surface area contributed by atoms with E-state index in [1.54, 1.807) is 7.05 Å². The monoisotopic (exact) mass is 491 g/mol. The average molecular weight is 491 g/mol. The maximum absolute atomic E-state index is 5.80. The van der Waals surface area contributed by atoms with E-state index in [1.165, 1.54) is 32.1 Å². The molecule has 0 amide bonds. The van der Waals surface area contributed by atoms with Crippen LogP contribution in [0.4, 0.5) is 0 Å². The second-order valence-electron chi connectivity index (χ2n) is 8.35. The summed E-state index contributed by atoms with van der Waals surface area (Å²) in [5, 5.41) is 6.65. The van der Waals surface area contributed by atoms with Crippen LogP contribution in [0.5, 0.6) is 0 Å². The molecule has 2 N–H and O–H groups in total. The minimum absolute atomic E-state index is 0. The van der Waals surface area contributed by atoms with E-state index in [0.29, 0.717) is 12.4 Å². The topological polar surface area (TPSA) is 65.7 Å². The zero-order chi connectivity index (χ0) is 19.0. The van der Waals surface area contributed by atoms with E-state index in [1.807, 2.05) is 6.20 Å². The molecule has 1 fully saturated rings. The van der Waals surface area contributed by atoms with Crippen LogP contribution in [0.2, 0.25) is 0 Å². The zero-order valence-corrected chi connectivity index (χ0v) is 20.0. The van der Waals surface area contributed by atoms with Gasteiger partial charge in [0, 0.05) is 25.0 Å². The van der Waals surface area contributed by atoms with Crippen LogP contribution in [-0.2, 0) is 12.0 Å². The van der Waals surface area contributed by atoms with Crippen LogP contribution in [-0.4, -0.2) is 49.1 Å². The SMILES string of the molecule is CN=C(NCCCN(C)C1CCCCC1)NCc1ncc(C(C)(C)C)o1.I. The van der Waals surface area contributed by atoms with E-state index in [-0.39, 0.29) is 29.4 Å². The van der Waals surface area contributed by atoms with Crippen LogP contribution in [0, 0.1) is 0 Å². The minimum Gasteiger partial charge on any atom is -0.443 e. The summed E-state index contributed by atoms with van der Waals surface area (Å²) in [6.45, 7) is 8.94. The lowest BCUT2D eigenvalue weighted by atomic mass is 9.94. The molecule has 1 aromatic heterocycles. The molecular weight excluding hydrogens is 453 g/mol. The average Bonchev–Trinajstić information content (AvgIpc) is 3.11. The summed E-state index contributed by atoms with van der Waals surface area (Å²) >= 11 is 0. The lowest BCUT2D eigenvalue weighted by Gasteiger charge is -2.31. The van der Waals surface area contributed by atoms with Gasteiger partial charge in [0.25, 0.3) is 0 Å². The fourth-order valence-corrected chi connectivity index (χ4v) is 3.36. The standard InChI is InChI=1S/C20H37N5O.HI/c1-20(2,3)17-14-23-18(26-17)15-24-19(21-4)22-12-9-13-25(5)16-10-7-6-8-11-16;/h14,16H,6-13,15H2,1-5H3,(H2,21,22,24);1H. The van der Waals surface area contributed by atoms with Crippen molar-refractivity contribution in [3.63, 3.8) is 0 Å². The first kappa shape index (κ1) is 24.2. The molecule has 0 radical (unpaired) electrons. The molecule has 7 heteroatoms. The Morgan fingerprint density at radius 2 is 1.96 bits per heavy atom. The molecule has 156 valence electrons. The highest BCUT2D eigenvalue weighted by molar-refractivity contribution is 14.0. The number of nitrogens with one attached hydrogen (secondary N) is 2. The Kier molecular flexibility index (Phi) is 10.7. The number of nitrogens with zero attached hydrogens (tertiary/aromatic N) is 3. The van der Waals surface area contributed by atoms with E-state index < -0.39 is 0 Å². The molecule has 0 bridgehead atoms. The van der Waals surface area contributed by atoms with Gasteiger partial charge in [-0.1, -0.05) is 40.0 Å². The molecule has 0 spiro atoms. The van der Waals surface area contributed by atoms with Gasteiger partial charge < -0.3 is 20.0 Å². The molecule has 0 unspecified atom stereocenters. The van der Waals surface area contributed by atoms with E-state index >= 15 is 0 Å². The molecule has 0 saturated heterocycles. The van der Waals surface area contributed by atoms with Crippen molar-refractivity contribution in [2.45, 2.75) is 77.3 Å². The Morgan fingerprint density at radius 1 is 1.26 bits per heavy atom. The van der Waals surface area contributed by atoms with Gasteiger partial charge in [-0.15, -0.1) is 24.0 Å². The first-order valence-corrected chi connectivity index (χ1v) is 10.00. The largest absolute Gasteiger partial charge is 0.443 e. The summed E-state index contributed by atoms with van der Waals surface area (Å²) in [6, 6.07) is 0.781. The van der Waals surface area contributed by atoms with E-state index in [0.717, 1.165) is 37.3 Å². The summed E-state index contributed by atoms with van der Waals surface area (Å²) in [7, 11) is 4.05. The van der Waals surface area contributed by atoms with Crippen molar-refractivity contribution in [1.82, 2.24) is 20.5 Å². The molecule has 1 heterocycles. The Bertz CT molecular complexity index is 561. The predicted molar refractivity (Wildman–Crippen MR) is 123 cm³/mol. The van der Waals surface area contributed by atoms with Gasteiger partial charge in [-0.3, -0.25) is 4.99 Å². The first-order chi connectivity index (χ1) is 12.4. The van der Waals surface area contributed by atoms with Crippen molar-refractivity contribution in [2.24, 2.45) is 4.99 Å². The van der Waals surface area contributed by atoms with E-state index in [4.69, 9.17) is 4.42 Å². The van der Waals surface area contributed by atoms with Gasteiger partial charge in [0.2, 0.25) is 5.89 Å². The Balaban J connectivity index is 0.00000364. The number of halogens is 1. The maximum atomic E-state index is 5.80. The number of oxazole rings is 1. The molecular formula is C20H38IN5O. The van der Waals surface area contributed by atoms with Gasteiger partial charge in [0.05, 0.1) is 12.7 Å². The summed E-state index contributed by atoms with van der Waals surface area (Å²) in [5.41, 5.74) is -0.0183. The van der Waals surface area contributed by atoms with Gasteiger partial charge in [-0.2, -0.15) is 0 Å². The molecule has 1 aliphatic rings. The van der Waals surface area contributed by atoms with Gasteiger partial charge in [-0.25, -0.2) is 4.98 Å². The second-order valence-corrected chi connectivity index (χ2v) is 8.35. The Hall–Kier alpha value is -0.830. The van der Waals surface area contributed by atoms with Crippen molar-refractivity contribution in [3.05, 3.63) is 17.8 Å². The maximum Gasteiger partial charge on any atom is 0.213 e. The predicted octanol–water partition coefficient (Wildman–Crippen LogP) is 3.91. The normalized spacial score (nSPS) is 16.3. The molecule has 2 rings (SSSR count). The van der Waals surface area contributed by atoms with Gasteiger partial charge >= 0.3 is 0 Å². The number of rotatable bonds is 7. The molecule has 0 aromatic carbocycles. The minimum atomic E-state index is -0.0183. The lowest BCUT2D eigenvalue weighted by Crippen LogP contribution is -2.39. The summed E-state index contributed by atoms with van der Waals surface area (Å²) in [4.78, 5) is 11.1. The molecule has 6 nitrogen and oxygen atoms in total. The third-order valence-corrected chi connectivity index (χ3v) is 5.10. The highest BCUT2D eigenvalue weighted by atomic mass is 127. The van der Waals surface area contributed by atoms with Gasteiger partial charge in [0.1, 0.15) is 5.76 Å². The van der Waals surface area contributed by atoms with Crippen LogP contribution in [0.25, 0.3) is 0 Å². The number of hydrogen-bond donors (Lipinski definition) is 2. The summed E-state index contributed by atoms with van der Waals surface area (Å²) < 4.78 is 5.80. The van der Waals surface area contributed by atoms with Crippen LogP contribution in [0.1, 0.15) is 70.9 Å². The zero-order valence-electron chi connectivity index (χ0n) is 17.7. The number of hydrogen-bond acceptors (Lipinski definition) is 4. The number of guanidine groups is 1. The Labute approximate surface area is 182 Å². The molecule has 27 heavy (non-hydrogen) atoms. The molecule has 1 saturated carbocycles. The number of aliphatic imine (C=N–C) groups is 1. The fourth-order valence-electron chi connectivity index (χ4n) is 3.36. The highest BCUT2D eigenvalue weighted by Crippen LogP contribution is 2.22. The van der Waals surface area contributed by atoms with Crippen molar-refractivity contribution < 1.29 is 4.42 Å². The van der Waals surface area contributed by atoms with Crippen LogP contribution >= 0.6 is 24.0 Å². The lowest BCUT2D eigenvalue weighted by molar-refractivity contribution is 0.190. The summed E-state index contributed by atoms with van der Waals surface area (Å²) in [5.74, 6) is 2.39. The van der Waals surface area contributed by atoms with E-state index in [2.05, 4.69) is 53.3 Å². The number of aromatic nitrogens is 1. The summed E-state index contributed by atoms with van der Waals surface area (Å²) in [6.07, 6.45) is 9.84. The highest BCUT2D eigenvalue weighted by Gasteiger charge is 2.19. The smallest absolute Gasteiger partial charge is 0.213 e. The van der Waals surface area contributed by atoms with Crippen LogP contribution in [0.15, 0.2) is 15.6 Å². The quantitative estimate of drug-likeness (QED) is 0.262. The molecule has 0 aliphatic heterocycles. The van der Waals surface area contributed by atoms with Gasteiger partial charge in [0.15, 0.2) is 5.96 Å². The van der Waals surface area contributed by atoms with Crippen LogP contribution in [0.3, 0.4) is 0 Å². The second kappa shape index (κ2) is 11.9. The van der Waals surface area contributed by atoms with Crippen molar-refractivity contribution in [2.75, 3.05) is 27.2 Å². The molecule has 0 atom stereocenters. The van der Waals surface area contributed by atoms with Gasteiger partial charge in [-0.05, 0) is 32.9 Å². The van der Waals surface area contributed by atoms with E-state index in [9.17, 15) is 0 Å². The van der Waals surface area contributed by atoms with Crippen molar-refractivity contribution in [3.8, 4) is 0 Å². The third kappa shape index (κ3) is 8.37. The molecule has 1 aromatic rings. The Morgan fingerprint density at radius 3 is 2.56 bits per heavy atom. The van der Waals surface area contributed by atoms with Crippen molar-refractivity contribution >= 4 is 29.9 Å². The van der Waals surface area contributed by atoms with Crippen molar-refractivity contribution in [1.29, 1.82) is 0 Å². The fraction of sp³-hybridized carbons (Fsp3) is 0.800. The van der Waals surface area contributed by atoms with Crippen LogP contribution < -0.4 is 10.6 Å².